The number of nitrogens with one attached hydrogen (secondary N) is 2. The number of rotatable bonds is 12. The molecule has 0 aliphatic carbocycles. The van der Waals surface area contributed by atoms with Gasteiger partial charge in [-0.05, 0) is 36.1 Å². The van der Waals surface area contributed by atoms with Crippen molar-refractivity contribution in [2.24, 2.45) is 0 Å². The van der Waals surface area contributed by atoms with Gasteiger partial charge in [0.1, 0.15) is 22.9 Å². The Balaban J connectivity index is 1.87. The van der Waals surface area contributed by atoms with E-state index >= 15 is 0 Å². The molecule has 9 nitrogen and oxygen atoms in total. The van der Waals surface area contributed by atoms with Crippen LogP contribution in [-0.2, 0) is 39.7 Å². The Kier molecular flexibility index (Phi) is 9.82. The van der Waals surface area contributed by atoms with Crippen molar-refractivity contribution in [3.8, 4) is 5.75 Å². The van der Waals surface area contributed by atoms with Gasteiger partial charge in [0.2, 0.25) is 5.91 Å². The topological polar surface area (TPSA) is 112 Å². The maximum Gasteiger partial charge on any atom is 0.422 e. The molecule has 0 saturated carbocycles. The summed E-state index contributed by atoms with van der Waals surface area (Å²) in [5, 5.41) is 9.82. The number of hydrogen-bond acceptors (Lipinski definition) is 6. The first-order valence-electron chi connectivity index (χ1n) is 11.6. The Hall–Kier alpha value is -3.07. The highest BCUT2D eigenvalue weighted by molar-refractivity contribution is 7.85. The third-order valence-electron chi connectivity index (χ3n) is 5.58. The number of ether oxygens (including phenoxy) is 2. The second-order valence-electron chi connectivity index (χ2n) is 8.49. The Labute approximate surface area is 217 Å². The van der Waals surface area contributed by atoms with E-state index in [2.05, 4.69) is 20.5 Å². The fourth-order valence-corrected chi connectivity index (χ4v) is 4.51. The SMILES string of the molecule is CCc1cc(OCC(F)(F)F)ccc1C1Cc2nn(CCCOC(F)F)c(NC(=O)CS(C)=O)c2C(=O)N1. The molecule has 1 aromatic carbocycles. The van der Waals surface area contributed by atoms with E-state index in [9.17, 15) is 35.8 Å². The lowest BCUT2D eigenvalue weighted by Gasteiger charge is -2.26. The normalized spacial score (nSPS) is 16.2. The van der Waals surface area contributed by atoms with E-state index < -0.39 is 48.1 Å². The first kappa shape index (κ1) is 29.5. The number of hydrogen-bond donors (Lipinski definition) is 2. The first-order chi connectivity index (χ1) is 17.9. The summed E-state index contributed by atoms with van der Waals surface area (Å²) in [6, 6.07) is 3.89. The van der Waals surface area contributed by atoms with E-state index in [1.165, 1.54) is 23.1 Å². The summed E-state index contributed by atoms with van der Waals surface area (Å²) in [4.78, 5) is 25.5. The average Bonchev–Trinajstić information content (AvgIpc) is 3.16. The number of carbonyl (C=O) groups is 2. The number of halogens is 5. The van der Waals surface area contributed by atoms with E-state index in [1.807, 2.05) is 6.92 Å². The Bertz CT molecular complexity index is 1190. The van der Waals surface area contributed by atoms with Crippen LogP contribution in [0.25, 0.3) is 0 Å². The molecule has 0 saturated heterocycles. The fourth-order valence-electron chi connectivity index (χ4n) is 4.07. The quantitative estimate of drug-likeness (QED) is 0.301. The maximum absolute atomic E-state index is 13.2. The summed E-state index contributed by atoms with van der Waals surface area (Å²) in [5.41, 5.74) is 1.76. The minimum atomic E-state index is -4.48. The Morgan fingerprint density at radius 1 is 1.34 bits per heavy atom. The Morgan fingerprint density at radius 3 is 2.71 bits per heavy atom. The van der Waals surface area contributed by atoms with Crippen LogP contribution in [0.5, 0.6) is 5.75 Å². The van der Waals surface area contributed by atoms with E-state index in [0.717, 1.165) is 0 Å². The lowest BCUT2D eigenvalue weighted by atomic mass is 9.91. The van der Waals surface area contributed by atoms with Crippen molar-refractivity contribution in [2.45, 2.75) is 51.6 Å². The molecule has 2 amide bonds. The van der Waals surface area contributed by atoms with Gasteiger partial charge in [-0.2, -0.15) is 27.1 Å². The van der Waals surface area contributed by atoms with Crippen LogP contribution in [0.4, 0.5) is 27.8 Å². The lowest BCUT2D eigenvalue weighted by molar-refractivity contribution is -0.153. The van der Waals surface area contributed by atoms with Crippen LogP contribution in [0.15, 0.2) is 18.2 Å². The number of carbonyl (C=O) groups excluding carboxylic acids is 2. The molecule has 1 aliphatic heterocycles. The molecule has 2 heterocycles. The van der Waals surface area contributed by atoms with Gasteiger partial charge in [-0.3, -0.25) is 13.8 Å². The van der Waals surface area contributed by atoms with Crippen LogP contribution < -0.4 is 15.4 Å². The van der Waals surface area contributed by atoms with E-state index in [0.29, 0.717) is 23.2 Å². The third-order valence-corrected chi connectivity index (χ3v) is 6.25. The van der Waals surface area contributed by atoms with Crippen LogP contribution in [0, 0.1) is 0 Å². The predicted molar refractivity (Wildman–Crippen MR) is 128 cm³/mol. The van der Waals surface area contributed by atoms with Gasteiger partial charge >= 0.3 is 12.8 Å². The molecule has 15 heteroatoms. The molecule has 2 atom stereocenters. The molecular weight excluding hydrogens is 539 g/mol. The highest BCUT2D eigenvalue weighted by Crippen LogP contribution is 2.33. The number of amides is 2. The molecule has 2 N–H and O–H groups in total. The molecule has 0 spiro atoms. The van der Waals surface area contributed by atoms with Crippen LogP contribution >= 0.6 is 0 Å². The van der Waals surface area contributed by atoms with E-state index in [1.54, 1.807) is 6.07 Å². The van der Waals surface area contributed by atoms with Crippen molar-refractivity contribution < 1.29 is 45.2 Å². The summed E-state index contributed by atoms with van der Waals surface area (Å²) < 4.78 is 84.1. The zero-order valence-electron chi connectivity index (χ0n) is 20.6. The second kappa shape index (κ2) is 12.7. The molecule has 1 aromatic heterocycles. The molecule has 0 radical (unpaired) electrons. The van der Waals surface area contributed by atoms with Crippen molar-refractivity contribution in [1.82, 2.24) is 15.1 Å². The molecule has 1 aliphatic rings. The summed E-state index contributed by atoms with van der Waals surface area (Å²) in [6.45, 7) is -2.80. The van der Waals surface area contributed by atoms with Gasteiger partial charge in [-0.15, -0.1) is 0 Å². The number of aromatic nitrogens is 2. The van der Waals surface area contributed by atoms with Crippen LogP contribution in [0.3, 0.4) is 0 Å². The molecule has 0 fully saturated rings. The van der Waals surface area contributed by atoms with Gasteiger partial charge < -0.3 is 20.1 Å². The summed E-state index contributed by atoms with van der Waals surface area (Å²) in [5.74, 6) is -1.40. The Morgan fingerprint density at radius 2 is 2.08 bits per heavy atom. The number of aryl methyl sites for hydroxylation is 2. The van der Waals surface area contributed by atoms with Crippen molar-refractivity contribution in [1.29, 1.82) is 0 Å². The largest absolute Gasteiger partial charge is 0.484 e. The summed E-state index contributed by atoms with van der Waals surface area (Å²) in [6.07, 6.45) is -2.39. The highest BCUT2D eigenvalue weighted by atomic mass is 32.2. The molecule has 0 bridgehead atoms. The molecule has 2 unspecified atom stereocenters. The summed E-state index contributed by atoms with van der Waals surface area (Å²) in [7, 11) is -1.45. The van der Waals surface area contributed by atoms with Gasteiger partial charge in [0.25, 0.3) is 5.91 Å². The van der Waals surface area contributed by atoms with Crippen LogP contribution in [-0.4, -0.2) is 63.8 Å². The number of anilines is 1. The monoisotopic (exact) mass is 566 g/mol. The highest BCUT2D eigenvalue weighted by Gasteiger charge is 2.34. The third kappa shape index (κ3) is 7.96. The molecule has 210 valence electrons. The van der Waals surface area contributed by atoms with Gasteiger partial charge in [-0.1, -0.05) is 13.0 Å². The van der Waals surface area contributed by atoms with Crippen molar-refractivity contribution in [3.05, 3.63) is 40.6 Å². The van der Waals surface area contributed by atoms with Crippen LogP contribution in [0.2, 0.25) is 0 Å². The fraction of sp³-hybridized carbons (Fsp3) is 0.522. The van der Waals surface area contributed by atoms with Crippen molar-refractivity contribution in [2.75, 3.05) is 30.5 Å². The van der Waals surface area contributed by atoms with Crippen molar-refractivity contribution in [3.63, 3.8) is 0 Å². The minimum absolute atomic E-state index is 0.0411. The maximum atomic E-state index is 13.2. The number of fused-ring (bicyclic) bond motifs is 1. The molecular formula is C23H27F5N4O5S. The minimum Gasteiger partial charge on any atom is -0.484 e. The van der Waals surface area contributed by atoms with Crippen molar-refractivity contribution >= 4 is 28.4 Å². The van der Waals surface area contributed by atoms with E-state index in [4.69, 9.17) is 4.74 Å². The standard InChI is InChI=1S/C23H27F5N4O5S/c1-3-13-9-14(37-12-23(26,27)28)5-6-15(13)16-10-17-19(21(34)29-16)20(30-18(33)11-38(2)35)32(31-17)7-4-8-36-22(24)25/h5-6,9,16,22H,3-4,7-8,10-12H2,1-2H3,(H,29,34)(H,30,33). The average molecular weight is 567 g/mol. The van der Waals surface area contributed by atoms with Crippen LogP contribution in [0.1, 0.15) is 46.6 Å². The zero-order chi connectivity index (χ0) is 28.0. The molecule has 3 rings (SSSR count). The van der Waals surface area contributed by atoms with Gasteiger partial charge in [0.15, 0.2) is 6.61 Å². The summed E-state index contributed by atoms with van der Waals surface area (Å²) >= 11 is 0. The number of alkyl halides is 5. The smallest absolute Gasteiger partial charge is 0.422 e. The second-order valence-corrected chi connectivity index (χ2v) is 9.93. The van der Waals surface area contributed by atoms with E-state index in [-0.39, 0.29) is 48.9 Å². The molecule has 2 aromatic rings. The lowest BCUT2D eigenvalue weighted by Crippen LogP contribution is -2.36. The zero-order valence-corrected chi connectivity index (χ0v) is 21.4. The predicted octanol–water partition coefficient (Wildman–Crippen LogP) is 3.36. The number of benzene rings is 1. The first-order valence-corrected chi connectivity index (χ1v) is 13.3. The van der Waals surface area contributed by atoms with Gasteiger partial charge in [0, 0.05) is 30.0 Å². The van der Waals surface area contributed by atoms with Gasteiger partial charge in [0.05, 0.1) is 18.3 Å². The molecule has 38 heavy (non-hydrogen) atoms. The van der Waals surface area contributed by atoms with Gasteiger partial charge in [-0.25, -0.2) is 4.68 Å². The number of nitrogens with zero attached hydrogens (tertiary/aromatic N) is 2.